The fourth-order valence-corrected chi connectivity index (χ4v) is 2.99. The summed E-state index contributed by atoms with van der Waals surface area (Å²) < 4.78 is 5.76. The summed E-state index contributed by atoms with van der Waals surface area (Å²) in [6.45, 7) is 3.57. The van der Waals surface area contributed by atoms with Crippen molar-refractivity contribution < 1.29 is 9.53 Å². The highest BCUT2D eigenvalue weighted by molar-refractivity contribution is 5.92. The van der Waals surface area contributed by atoms with Gasteiger partial charge in [0, 0.05) is 17.6 Å². The Hall–Kier alpha value is -2.04. The van der Waals surface area contributed by atoms with Crippen LogP contribution >= 0.6 is 12.4 Å². The molecule has 0 aromatic heterocycles. The number of carbonyl (C=O) groups excluding carboxylic acids is 1. The molecule has 25 heavy (non-hydrogen) atoms. The Labute approximate surface area is 155 Å². The van der Waals surface area contributed by atoms with Crippen molar-refractivity contribution in [1.82, 2.24) is 5.32 Å². The van der Waals surface area contributed by atoms with Crippen LogP contribution in [-0.4, -0.2) is 18.5 Å². The number of hydrogen-bond donors (Lipinski definition) is 2. The van der Waals surface area contributed by atoms with Gasteiger partial charge in [-0.1, -0.05) is 30.3 Å². The molecule has 2 aromatic rings. The predicted molar refractivity (Wildman–Crippen MR) is 103 cm³/mol. The van der Waals surface area contributed by atoms with E-state index in [9.17, 15) is 4.79 Å². The van der Waals surface area contributed by atoms with Crippen LogP contribution in [0.2, 0.25) is 0 Å². The van der Waals surface area contributed by atoms with E-state index in [1.54, 1.807) is 0 Å². The van der Waals surface area contributed by atoms with Crippen molar-refractivity contribution in [3.05, 3.63) is 60.2 Å². The number of amides is 1. The zero-order chi connectivity index (χ0) is 16.8. The van der Waals surface area contributed by atoms with Gasteiger partial charge >= 0.3 is 0 Å². The minimum Gasteiger partial charge on any atom is -0.489 e. The van der Waals surface area contributed by atoms with Crippen LogP contribution in [-0.2, 0) is 11.4 Å². The van der Waals surface area contributed by atoms with Crippen molar-refractivity contribution in [2.45, 2.75) is 32.4 Å². The lowest BCUT2D eigenvalue weighted by atomic mass is 9.92. The van der Waals surface area contributed by atoms with Crippen molar-refractivity contribution >= 4 is 24.0 Å². The van der Waals surface area contributed by atoms with Gasteiger partial charge in [-0.15, -0.1) is 12.4 Å². The van der Waals surface area contributed by atoms with Gasteiger partial charge in [-0.3, -0.25) is 4.79 Å². The van der Waals surface area contributed by atoms with Crippen molar-refractivity contribution in [3.8, 4) is 5.75 Å². The highest BCUT2D eigenvalue weighted by Gasteiger charge is 2.24. The summed E-state index contributed by atoms with van der Waals surface area (Å²) >= 11 is 0. The quantitative estimate of drug-likeness (QED) is 0.846. The summed E-state index contributed by atoms with van der Waals surface area (Å²) in [4.78, 5) is 12.3. The second-order valence-corrected chi connectivity index (χ2v) is 6.36. The maximum atomic E-state index is 12.3. The van der Waals surface area contributed by atoms with E-state index in [-0.39, 0.29) is 24.2 Å². The monoisotopic (exact) mass is 360 g/mol. The van der Waals surface area contributed by atoms with Crippen molar-refractivity contribution in [3.63, 3.8) is 0 Å². The van der Waals surface area contributed by atoms with Gasteiger partial charge in [0.15, 0.2) is 0 Å². The van der Waals surface area contributed by atoms with Crippen LogP contribution in [0.25, 0.3) is 0 Å². The van der Waals surface area contributed by atoms with Gasteiger partial charge in [-0.05, 0) is 56.1 Å². The number of hydrogen-bond acceptors (Lipinski definition) is 3. The van der Waals surface area contributed by atoms with Crippen LogP contribution in [0.4, 0.5) is 5.69 Å². The molecule has 1 saturated heterocycles. The number of benzene rings is 2. The van der Waals surface area contributed by atoms with Crippen molar-refractivity contribution in [2.24, 2.45) is 5.92 Å². The number of rotatable bonds is 5. The minimum atomic E-state index is 0. The van der Waals surface area contributed by atoms with E-state index < -0.39 is 0 Å². The smallest absolute Gasteiger partial charge is 0.227 e. The number of halogens is 1. The predicted octanol–water partition coefficient (Wildman–Crippen LogP) is 4.01. The van der Waals surface area contributed by atoms with Crippen molar-refractivity contribution in [2.75, 3.05) is 11.9 Å². The summed E-state index contributed by atoms with van der Waals surface area (Å²) in [6.07, 6.45) is 1.79. The van der Waals surface area contributed by atoms with E-state index in [0.29, 0.717) is 12.6 Å². The lowest BCUT2D eigenvalue weighted by Crippen LogP contribution is -2.40. The molecule has 3 rings (SSSR count). The van der Waals surface area contributed by atoms with Crippen LogP contribution in [0.3, 0.4) is 0 Å². The molecule has 1 fully saturated rings. The maximum Gasteiger partial charge on any atom is 0.227 e. The average molecular weight is 361 g/mol. The molecular formula is C20H25ClN2O2. The SMILES string of the molecule is C[C@H]1C[C@@H](C(=O)Nc2ccc(OCc3ccccc3)cc2)CCN1.Cl. The molecular weight excluding hydrogens is 336 g/mol. The second-order valence-electron chi connectivity index (χ2n) is 6.36. The average Bonchev–Trinajstić information content (AvgIpc) is 2.62. The lowest BCUT2D eigenvalue weighted by molar-refractivity contribution is -0.120. The van der Waals surface area contributed by atoms with Crippen LogP contribution in [0.5, 0.6) is 5.75 Å². The van der Waals surface area contributed by atoms with E-state index in [4.69, 9.17) is 4.74 Å². The Balaban J connectivity index is 0.00000225. The summed E-state index contributed by atoms with van der Waals surface area (Å²) in [5.41, 5.74) is 1.95. The standard InChI is InChI=1S/C20H24N2O2.ClH/c1-15-13-17(11-12-21-15)20(23)22-18-7-9-19(10-8-18)24-14-16-5-3-2-4-6-16;/h2-10,15,17,21H,11-14H2,1H3,(H,22,23);1H/t15-,17-;/m0./s1. The largest absolute Gasteiger partial charge is 0.489 e. The van der Waals surface area contributed by atoms with Crippen molar-refractivity contribution in [1.29, 1.82) is 0 Å². The zero-order valence-corrected chi connectivity index (χ0v) is 15.2. The summed E-state index contributed by atoms with van der Waals surface area (Å²) in [7, 11) is 0. The first-order valence-corrected chi connectivity index (χ1v) is 8.52. The molecule has 1 amide bonds. The Morgan fingerprint density at radius 1 is 1.16 bits per heavy atom. The summed E-state index contributed by atoms with van der Waals surface area (Å²) in [5.74, 6) is 1.00. The molecule has 1 heterocycles. The van der Waals surface area contributed by atoms with Crippen LogP contribution in [0.1, 0.15) is 25.3 Å². The molecule has 5 heteroatoms. The number of nitrogens with one attached hydrogen (secondary N) is 2. The molecule has 2 N–H and O–H groups in total. The highest BCUT2D eigenvalue weighted by Crippen LogP contribution is 2.21. The minimum absolute atomic E-state index is 0. The fourth-order valence-electron chi connectivity index (χ4n) is 2.99. The van der Waals surface area contributed by atoms with Gasteiger partial charge < -0.3 is 15.4 Å². The molecule has 0 unspecified atom stereocenters. The van der Waals surface area contributed by atoms with E-state index in [0.717, 1.165) is 36.4 Å². The van der Waals surface area contributed by atoms with Gasteiger partial charge in [0.25, 0.3) is 0 Å². The first-order chi connectivity index (χ1) is 11.7. The Kier molecular flexibility index (Phi) is 7.29. The van der Waals surface area contributed by atoms with E-state index in [1.807, 2.05) is 54.6 Å². The third kappa shape index (κ3) is 5.76. The van der Waals surface area contributed by atoms with Gasteiger partial charge in [-0.25, -0.2) is 0 Å². The van der Waals surface area contributed by atoms with E-state index >= 15 is 0 Å². The molecule has 1 aliphatic rings. The maximum absolute atomic E-state index is 12.3. The van der Waals surface area contributed by atoms with Gasteiger partial charge in [-0.2, -0.15) is 0 Å². The van der Waals surface area contributed by atoms with Crippen LogP contribution in [0.15, 0.2) is 54.6 Å². The zero-order valence-electron chi connectivity index (χ0n) is 14.4. The molecule has 1 aliphatic heterocycles. The molecule has 0 saturated carbocycles. The molecule has 0 bridgehead atoms. The number of ether oxygens (including phenoxy) is 1. The Bertz CT molecular complexity index is 661. The second kappa shape index (κ2) is 9.44. The topological polar surface area (TPSA) is 50.4 Å². The molecule has 4 nitrogen and oxygen atoms in total. The Morgan fingerprint density at radius 3 is 2.56 bits per heavy atom. The summed E-state index contributed by atoms with van der Waals surface area (Å²) in [6, 6.07) is 18.0. The van der Waals surface area contributed by atoms with Crippen LogP contribution < -0.4 is 15.4 Å². The highest BCUT2D eigenvalue weighted by atomic mass is 35.5. The molecule has 0 aliphatic carbocycles. The third-order valence-electron chi connectivity index (χ3n) is 4.36. The molecule has 2 aromatic carbocycles. The van der Waals surface area contributed by atoms with Gasteiger partial charge in [0.2, 0.25) is 5.91 Å². The first kappa shape index (κ1) is 19.3. The number of carbonyl (C=O) groups is 1. The fraction of sp³-hybridized carbons (Fsp3) is 0.350. The molecule has 0 spiro atoms. The van der Waals surface area contributed by atoms with E-state index in [2.05, 4.69) is 17.6 Å². The van der Waals surface area contributed by atoms with Crippen LogP contribution in [0, 0.1) is 5.92 Å². The molecule has 2 atom stereocenters. The number of anilines is 1. The normalized spacial score (nSPS) is 19.6. The lowest BCUT2D eigenvalue weighted by Gasteiger charge is -2.27. The van der Waals surface area contributed by atoms with Gasteiger partial charge in [0.1, 0.15) is 12.4 Å². The first-order valence-electron chi connectivity index (χ1n) is 8.52. The van der Waals surface area contributed by atoms with Gasteiger partial charge in [0.05, 0.1) is 0 Å². The summed E-state index contributed by atoms with van der Waals surface area (Å²) in [5, 5.41) is 6.38. The number of piperidine rings is 1. The van der Waals surface area contributed by atoms with E-state index in [1.165, 1.54) is 0 Å². The molecule has 134 valence electrons. The Morgan fingerprint density at radius 2 is 1.88 bits per heavy atom. The third-order valence-corrected chi connectivity index (χ3v) is 4.36. The molecule has 0 radical (unpaired) electrons.